The highest BCUT2D eigenvalue weighted by molar-refractivity contribution is 6.39. The van der Waals surface area contributed by atoms with E-state index in [2.05, 4.69) is 45.7 Å². The third-order valence-corrected chi connectivity index (χ3v) is 6.51. The first-order valence-electron chi connectivity index (χ1n) is 11.5. The molecule has 6 nitrogen and oxygen atoms in total. The molecule has 2 aliphatic heterocycles. The molecule has 33 heavy (non-hydrogen) atoms. The van der Waals surface area contributed by atoms with E-state index in [0.29, 0.717) is 0 Å². The maximum absolute atomic E-state index is 13.8. The van der Waals surface area contributed by atoms with Gasteiger partial charge in [0.25, 0.3) is 0 Å². The lowest BCUT2D eigenvalue weighted by Gasteiger charge is -2.36. The van der Waals surface area contributed by atoms with Gasteiger partial charge in [0.05, 0.1) is 11.7 Å². The molecule has 0 bridgehead atoms. The van der Waals surface area contributed by atoms with Crippen molar-refractivity contribution in [3.05, 3.63) is 59.2 Å². The molecular formula is C25H30F2N4O2. The standard InChI is InChI=1S/C25H30F2N4O2/c1-30-11-5-6-17-14-18(7-10-22(17)30)23(31-12-3-2-4-13-31)16-28-24(32)25(33)29-21-15-19(26)8-9-20(21)27/h7-10,14-15,23H,2-6,11-13,16H2,1H3,(H,28,32)(H,29,33). The molecule has 176 valence electrons. The highest BCUT2D eigenvalue weighted by Gasteiger charge is 2.26. The van der Waals surface area contributed by atoms with Gasteiger partial charge < -0.3 is 15.5 Å². The first-order valence-corrected chi connectivity index (χ1v) is 11.5. The summed E-state index contributed by atoms with van der Waals surface area (Å²) in [6.45, 7) is 3.15. The topological polar surface area (TPSA) is 64.7 Å². The number of hydrogen-bond donors (Lipinski definition) is 2. The van der Waals surface area contributed by atoms with Gasteiger partial charge in [-0.1, -0.05) is 18.6 Å². The lowest BCUT2D eigenvalue weighted by Crippen LogP contribution is -2.43. The first-order chi connectivity index (χ1) is 15.9. The molecule has 2 aliphatic rings. The van der Waals surface area contributed by atoms with Gasteiger partial charge in [-0.25, -0.2) is 8.78 Å². The fraction of sp³-hybridized carbons (Fsp3) is 0.440. The summed E-state index contributed by atoms with van der Waals surface area (Å²) in [5, 5.41) is 4.86. The van der Waals surface area contributed by atoms with E-state index in [1.54, 1.807) is 0 Å². The Balaban J connectivity index is 1.47. The van der Waals surface area contributed by atoms with E-state index < -0.39 is 23.4 Å². The molecule has 2 amide bonds. The Morgan fingerprint density at radius 2 is 1.76 bits per heavy atom. The quantitative estimate of drug-likeness (QED) is 0.675. The van der Waals surface area contributed by atoms with Crippen LogP contribution < -0.4 is 15.5 Å². The summed E-state index contributed by atoms with van der Waals surface area (Å²) in [6.07, 6.45) is 5.50. The maximum atomic E-state index is 13.8. The van der Waals surface area contributed by atoms with Gasteiger partial charge in [0.1, 0.15) is 11.6 Å². The average Bonchev–Trinajstić information content (AvgIpc) is 2.82. The fourth-order valence-electron chi connectivity index (χ4n) is 4.74. The largest absolute Gasteiger partial charge is 0.374 e. The van der Waals surface area contributed by atoms with Crippen molar-refractivity contribution in [1.29, 1.82) is 0 Å². The van der Waals surface area contributed by atoms with Crippen LogP contribution in [0.3, 0.4) is 0 Å². The number of nitrogens with one attached hydrogen (secondary N) is 2. The number of hydrogen-bond acceptors (Lipinski definition) is 4. The van der Waals surface area contributed by atoms with Crippen molar-refractivity contribution in [2.45, 2.75) is 38.1 Å². The zero-order chi connectivity index (χ0) is 23.4. The molecule has 0 spiro atoms. The summed E-state index contributed by atoms with van der Waals surface area (Å²) in [5.74, 6) is -3.40. The summed E-state index contributed by atoms with van der Waals surface area (Å²) in [4.78, 5) is 29.4. The second kappa shape index (κ2) is 10.3. The van der Waals surface area contributed by atoms with Crippen LogP contribution in [-0.2, 0) is 16.0 Å². The summed E-state index contributed by atoms with van der Waals surface area (Å²) in [6, 6.07) is 9.11. The van der Waals surface area contributed by atoms with Gasteiger partial charge in [-0.15, -0.1) is 0 Å². The highest BCUT2D eigenvalue weighted by Crippen LogP contribution is 2.31. The fourth-order valence-corrected chi connectivity index (χ4v) is 4.74. The number of fused-ring (bicyclic) bond motifs is 1. The smallest absolute Gasteiger partial charge is 0.313 e. The lowest BCUT2D eigenvalue weighted by molar-refractivity contribution is -0.136. The van der Waals surface area contributed by atoms with Crippen LogP contribution >= 0.6 is 0 Å². The zero-order valence-corrected chi connectivity index (χ0v) is 18.9. The van der Waals surface area contributed by atoms with E-state index >= 15 is 0 Å². The second-order valence-corrected chi connectivity index (χ2v) is 8.81. The van der Waals surface area contributed by atoms with Gasteiger partial charge >= 0.3 is 11.8 Å². The van der Waals surface area contributed by atoms with E-state index in [1.165, 1.54) is 17.7 Å². The van der Waals surface area contributed by atoms with Crippen LogP contribution in [0.25, 0.3) is 0 Å². The highest BCUT2D eigenvalue weighted by atomic mass is 19.1. The van der Waals surface area contributed by atoms with E-state index in [-0.39, 0.29) is 18.3 Å². The molecule has 4 rings (SSSR count). The number of benzene rings is 2. The Labute approximate surface area is 192 Å². The molecule has 1 atom stereocenters. The summed E-state index contributed by atoms with van der Waals surface area (Å²) < 4.78 is 27.2. The van der Waals surface area contributed by atoms with Crippen LogP contribution in [0.15, 0.2) is 36.4 Å². The van der Waals surface area contributed by atoms with Gasteiger partial charge in [-0.3, -0.25) is 14.5 Å². The molecule has 1 fully saturated rings. The van der Waals surface area contributed by atoms with E-state index in [4.69, 9.17) is 0 Å². The first kappa shape index (κ1) is 23.2. The average molecular weight is 457 g/mol. The van der Waals surface area contributed by atoms with Crippen molar-refractivity contribution < 1.29 is 18.4 Å². The molecule has 2 N–H and O–H groups in total. The van der Waals surface area contributed by atoms with Gasteiger partial charge in [0.15, 0.2) is 0 Å². The third kappa shape index (κ3) is 5.50. The number of piperidine rings is 1. The number of nitrogens with zero attached hydrogens (tertiary/aromatic N) is 2. The van der Waals surface area contributed by atoms with Crippen molar-refractivity contribution in [2.24, 2.45) is 0 Å². The summed E-state index contributed by atoms with van der Waals surface area (Å²) >= 11 is 0. The van der Waals surface area contributed by atoms with Crippen LogP contribution in [0.5, 0.6) is 0 Å². The van der Waals surface area contributed by atoms with Crippen molar-refractivity contribution in [1.82, 2.24) is 10.2 Å². The number of aryl methyl sites for hydroxylation is 1. The van der Waals surface area contributed by atoms with Crippen LogP contribution in [-0.4, -0.2) is 49.9 Å². The molecule has 0 saturated carbocycles. The van der Waals surface area contributed by atoms with E-state index in [9.17, 15) is 18.4 Å². The minimum Gasteiger partial charge on any atom is -0.374 e. The van der Waals surface area contributed by atoms with Gasteiger partial charge in [0.2, 0.25) is 0 Å². The van der Waals surface area contributed by atoms with E-state index in [1.807, 2.05) is 0 Å². The molecule has 0 aromatic heterocycles. The predicted molar refractivity (Wildman–Crippen MR) is 124 cm³/mol. The van der Waals surface area contributed by atoms with Crippen LogP contribution in [0.1, 0.15) is 42.9 Å². The monoisotopic (exact) mass is 456 g/mol. The molecule has 0 radical (unpaired) electrons. The minimum absolute atomic E-state index is 0.0644. The zero-order valence-electron chi connectivity index (χ0n) is 18.9. The number of carbonyl (C=O) groups is 2. The van der Waals surface area contributed by atoms with E-state index in [0.717, 1.165) is 69.1 Å². The minimum atomic E-state index is -1.02. The second-order valence-electron chi connectivity index (χ2n) is 8.81. The number of anilines is 2. The molecule has 1 unspecified atom stereocenters. The van der Waals surface area contributed by atoms with Crippen molar-refractivity contribution >= 4 is 23.2 Å². The molecule has 8 heteroatoms. The number of halogens is 2. The number of rotatable bonds is 5. The molecule has 2 heterocycles. The normalized spacial score (nSPS) is 17.2. The Morgan fingerprint density at radius 1 is 0.970 bits per heavy atom. The summed E-state index contributed by atoms with van der Waals surface area (Å²) in [7, 11) is 2.10. The molecule has 2 aromatic carbocycles. The van der Waals surface area contributed by atoms with Crippen LogP contribution in [0.4, 0.5) is 20.2 Å². The third-order valence-electron chi connectivity index (χ3n) is 6.51. The van der Waals surface area contributed by atoms with Crippen LogP contribution in [0, 0.1) is 11.6 Å². The Kier molecular flexibility index (Phi) is 7.23. The Morgan fingerprint density at radius 3 is 2.55 bits per heavy atom. The van der Waals surface area contributed by atoms with Gasteiger partial charge in [0, 0.05) is 31.9 Å². The predicted octanol–water partition coefficient (Wildman–Crippen LogP) is 3.63. The van der Waals surface area contributed by atoms with Crippen LogP contribution in [0.2, 0.25) is 0 Å². The van der Waals surface area contributed by atoms with Gasteiger partial charge in [-0.2, -0.15) is 0 Å². The number of likely N-dealkylation sites (tertiary alicyclic amines) is 1. The van der Waals surface area contributed by atoms with Crippen molar-refractivity contribution in [2.75, 3.05) is 43.4 Å². The van der Waals surface area contributed by atoms with Gasteiger partial charge in [-0.05, 0) is 68.1 Å². The molecular weight excluding hydrogens is 426 g/mol. The van der Waals surface area contributed by atoms with Crippen molar-refractivity contribution in [3.8, 4) is 0 Å². The lowest BCUT2D eigenvalue weighted by atomic mass is 9.95. The Hall–Kier alpha value is -3.00. The summed E-state index contributed by atoms with van der Waals surface area (Å²) in [5.41, 5.74) is 3.29. The number of amides is 2. The maximum Gasteiger partial charge on any atom is 0.313 e. The van der Waals surface area contributed by atoms with Crippen molar-refractivity contribution in [3.63, 3.8) is 0 Å². The SMILES string of the molecule is CN1CCCc2cc(C(CNC(=O)C(=O)Nc3cc(F)ccc3F)N3CCCCC3)ccc21. The molecule has 0 aliphatic carbocycles. The molecule has 1 saturated heterocycles. The number of carbonyl (C=O) groups excluding carboxylic acids is 2. The Bertz CT molecular complexity index is 1020. The molecule has 2 aromatic rings.